The van der Waals surface area contributed by atoms with E-state index in [9.17, 15) is 14.9 Å². The summed E-state index contributed by atoms with van der Waals surface area (Å²) in [7, 11) is 1.67. The minimum Gasteiger partial charge on any atom is -0.325 e. The number of nitrogens with zero attached hydrogens (tertiary/aromatic N) is 5. The number of aromatic nitrogens is 4. The second-order valence-electron chi connectivity index (χ2n) is 4.14. The number of tetrazole rings is 1. The van der Waals surface area contributed by atoms with Crippen molar-refractivity contribution in [3.05, 3.63) is 34.4 Å². The SMILES string of the molecule is C[C@H](Sc1nnnn1C)C(=O)Nc1cccc([N+](=O)[O-])c1. The standard InChI is InChI=1S/C11H12N6O3S/c1-7(21-11-13-14-15-16(11)2)10(18)12-8-4-3-5-9(6-8)17(19)20/h3-7H,1-2H3,(H,12,18)/t7-/m0/s1. The Labute approximate surface area is 123 Å². The van der Waals surface area contributed by atoms with E-state index in [1.54, 1.807) is 20.0 Å². The fourth-order valence-electron chi connectivity index (χ4n) is 1.47. The van der Waals surface area contributed by atoms with Gasteiger partial charge in [0.1, 0.15) is 0 Å². The molecule has 0 radical (unpaired) electrons. The molecule has 0 spiro atoms. The smallest absolute Gasteiger partial charge is 0.271 e. The average Bonchev–Trinajstić information content (AvgIpc) is 2.84. The van der Waals surface area contributed by atoms with Gasteiger partial charge in [-0.25, -0.2) is 4.68 Å². The molecule has 0 aliphatic rings. The summed E-state index contributed by atoms with van der Waals surface area (Å²) in [4.78, 5) is 22.2. The van der Waals surface area contributed by atoms with Crippen LogP contribution in [0.1, 0.15) is 6.92 Å². The van der Waals surface area contributed by atoms with Crippen molar-refractivity contribution in [1.29, 1.82) is 0 Å². The highest BCUT2D eigenvalue weighted by Gasteiger charge is 2.18. The number of thioether (sulfide) groups is 1. The molecule has 0 aliphatic heterocycles. The molecule has 10 heteroatoms. The molecule has 1 amide bonds. The van der Waals surface area contributed by atoms with Gasteiger partial charge in [-0.05, 0) is 23.4 Å². The Hall–Kier alpha value is -2.49. The molecule has 0 fully saturated rings. The summed E-state index contributed by atoms with van der Waals surface area (Å²) in [5, 5.41) is 24.3. The van der Waals surface area contributed by atoms with Gasteiger partial charge in [-0.2, -0.15) is 0 Å². The number of hydrogen-bond donors (Lipinski definition) is 1. The summed E-state index contributed by atoms with van der Waals surface area (Å²) >= 11 is 1.20. The van der Waals surface area contributed by atoms with Crippen LogP contribution >= 0.6 is 11.8 Å². The van der Waals surface area contributed by atoms with E-state index >= 15 is 0 Å². The van der Waals surface area contributed by atoms with E-state index in [2.05, 4.69) is 20.8 Å². The Kier molecular flexibility index (Phi) is 4.48. The third kappa shape index (κ3) is 3.75. The summed E-state index contributed by atoms with van der Waals surface area (Å²) < 4.78 is 1.46. The van der Waals surface area contributed by atoms with Crippen LogP contribution < -0.4 is 5.32 Å². The third-order valence-corrected chi connectivity index (χ3v) is 3.68. The monoisotopic (exact) mass is 308 g/mol. The number of carbonyl (C=O) groups is 1. The van der Waals surface area contributed by atoms with Gasteiger partial charge in [0.2, 0.25) is 11.1 Å². The molecule has 110 valence electrons. The third-order valence-electron chi connectivity index (χ3n) is 2.56. The Morgan fingerprint density at radius 2 is 2.29 bits per heavy atom. The highest BCUT2D eigenvalue weighted by molar-refractivity contribution is 8.00. The van der Waals surface area contributed by atoms with E-state index in [4.69, 9.17) is 0 Å². The van der Waals surface area contributed by atoms with Crippen LogP contribution in [0, 0.1) is 10.1 Å². The molecular formula is C11H12N6O3S. The van der Waals surface area contributed by atoms with Gasteiger partial charge in [-0.1, -0.05) is 17.8 Å². The normalized spacial score (nSPS) is 11.9. The highest BCUT2D eigenvalue weighted by Crippen LogP contribution is 2.22. The molecule has 0 aliphatic carbocycles. The summed E-state index contributed by atoms with van der Waals surface area (Å²) in [5.41, 5.74) is 0.295. The summed E-state index contributed by atoms with van der Waals surface area (Å²) in [6.07, 6.45) is 0. The maximum Gasteiger partial charge on any atom is 0.271 e. The van der Waals surface area contributed by atoms with Crippen LogP contribution in [-0.2, 0) is 11.8 Å². The van der Waals surface area contributed by atoms with Crippen LogP contribution in [0.25, 0.3) is 0 Å². The second kappa shape index (κ2) is 6.31. The molecule has 1 atom stereocenters. The number of amides is 1. The zero-order valence-electron chi connectivity index (χ0n) is 11.3. The topological polar surface area (TPSA) is 116 Å². The first-order valence-electron chi connectivity index (χ1n) is 5.91. The van der Waals surface area contributed by atoms with Crippen molar-refractivity contribution in [3.8, 4) is 0 Å². The van der Waals surface area contributed by atoms with E-state index in [0.717, 1.165) is 0 Å². The average molecular weight is 308 g/mol. The lowest BCUT2D eigenvalue weighted by Crippen LogP contribution is -2.22. The van der Waals surface area contributed by atoms with E-state index < -0.39 is 10.2 Å². The number of nitro benzene ring substituents is 1. The van der Waals surface area contributed by atoms with Crippen molar-refractivity contribution in [3.63, 3.8) is 0 Å². The van der Waals surface area contributed by atoms with Crippen molar-refractivity contribution in [1.82, 2.24) is 20.2 Å². The molecule has 9 nitrogen and oxygen atoms in total. The van der Waals surface area contributed by atoms with E-state index in [-0.39, 0.29) is 11.6 Å². The number of hydrogen-bond acceptors (Lipinski definition) is 7. The van der Waals surface area contributed by atoms with E-state index in [0.29, 0.717) is 10.8 Å². The van der Waals surface area contributed by atoms with Gasteiger partial charge in [0, 0.05) is 24.9 Å². The van der Waals surface area contributed by atoms with Crippen LogP contribution in [0.3, 0.4) is 0 Å². The summed E-state index contributed by atoms with van der Waals surface area (Å²) in [5.74, 6) is -0.288. The van der Waals surface area contributed by atoms with Gasteiger partial charge < -0.3 is 5.32 Å². The molecule has 2 aromatic rings. The fraction of sp³-hybridized carbons (Fsp3) is 0.273. The van der Waals surface area contributed by atoms with Crippen LogP contribution in [-0.4, -0.2) is 36.3 Å². The summed E-state index contributed by atoms with van der Waals surface area (Å²) in [6.45, 7) is 1.70. The van der Waals surface area contributed by atoms with Gasteiger partial charge >= 0.3 is 0 Å². The molecule has 2 rings (SSSR count). The maximum atomic E-state index is 12.1. The first kappa shape index (κ1) is 14.9. The lowest BCUT2D eigenvalue weighted by molar-refractivity contribution is -0.384. The quantitative estimate of drug-likeness (QED) is 0.501. The predicted octanol–water partition coefficient (Wildman–Crippen LogP) is 1.24. The first-order chi connectivity index (χ1) is 9.97. The van der Waals surface area contributed by atoms with Gasteiger partial charge in [0.05, 0.1) is 10.2 Å². The maximum absolute atomic E-state index is 12.1. The molecule has 0 unspecified atom stereocenters. The number of aryl methyl sites for hydroxylation is 1. The Morgan fingerprint density at radius 3 is 2.90 bits per heavy atom. The van der Waals surface area contributed by atoms with Crippen molar-refractivity contribution in [2.75, 3.05) is 5.32 Å². The Balaban J connectivity index is 2.02. The molecule has 0 saturated heterocycles. The van der Waals surface area contributed by atoms with E-state index in [1.165, 1.54) is 34.6 Å². The van der Waals surface area contributed by atoms with Crippen molar-refractivity contribution >= 4 is 29.0 Å². The number of nitro groups is 1. The van der Waals surface area contributed by atoms with Gasteiger partial charge in [-0.15, -0.1) is 5.10 Å². The van der Waals surface area contributed by atoms with E-state index in [1.807, 2.05) is 0 Å². The highest BCUT2D eigenvalue weighted by atomic mass is 32.2. The molecule has 0 bridgehead atoms. The van der Waals surface area contributed by atoms with Crippen molar-refractivity contribution in [2.45, 2.75) is 17.3 Å². The Bertz CT molecular complexity index is 673. The minimum absolute atomic E-state index is 0.0781. The molecular weight excluding hydrogens is 296 g/mol. The number of carbonyl (C=O) groups excluding carboxylic acids is 1. The molecule has 1 N–H and O–H groups in total. The van der Waals surface area contributed by atoms with Gasteiger partial charge in [0.15, 0.2) is 0 Å². The summed E-state index contributed by atoms with van der Waals surface area (Å²) in [6, 6.07) is 5.77. The first-order valence-corrected chi connectivity index (χ1v) is 6.79. The molecule has 21 heavy (non-hydrogen) atoms. The zero-order chi connectivity index (χ0) is 15.4. The number of anilines is 1. The van der Waals surface area contributed by atoms with Crippen LogP contribution in [0.5, 0.6) is 0 Å². The molecule has 1 heterocycles. The van der Waals surface area contributed by atoms with Crippen molar-refractivity contribution in [2.24, 2.45) is 7.05 Å². The minimum atomic E-state index is -0.515. The van der Waals surface area contributed by atoms with Crippen LogP contribution in [0.4, 0.5) is 11.4 Å². The fourth-order valence-corrected chi connectivity index (χ4v) is 2.23. The predicted molar refractivity (Wildman–Crippen MR) is 75.8 cm³/mol. The number of rotatable bonds is 5. The van der Waals surface area contributed by atoms with Crippen molar-refractivity contribution < 1.29 is 9.72 Å². The van der Waals surface area contributed by atoms with Crippen LogP contribution in [0.15, 0.2) is 29.4 Å². The van der Waals surface area contributed by atoms with Gasteiger partial charge in [0.25, 0.3) is 5.69 Å². The second-order valence-corrected chi connectivity index (χ2v) is 5.45. The number of benzene rings is 1. The Morgan fingerprint density at radius 1 is 1.52 bits per heavy atom. The zero-order valence-corrected chi connectivity index (χ0v) is 12.1. The lowest BCUT2D eigenvalue weighted by atomic mass is 10.2. The number of nitrogens with one attached hydrogen (secondary N) is 1. The van der Waals surface area contributed by atoms with Crippen LogP contribution in [0.2, 0.25) is 0 Å². The largest absolute Gasteiger partial charge is 0.325 e. The molecule has 0 saturated carbocycles. The molecule has 1 aromatic heterocycles. The molecule has 1 aromatic carbocycles. The van der Waals surface area contributed by atoms with Gasteiger partial charge in [-0.3, -0.25) is 14.9 Å². The number of non-ortho nitro benzene ring substituents is 1. The lowest BCUT2D eigenvalue weighted by Gasteiger charge is -2.10.